The van der Waals surface area contributed by atoms with Crippen LogP contribution in [-0.2, 0) is 11.2 Å². The van der Waals surface area contributed by atoms with Crippen molar-refractivity contribution in [2.45, 2.75) is 44.4 Å². The van der Waals surface area contributed by atoms with E-state index in [-0.39, 0.29) is 5.91 Å². The molecule has 2 nitrogen and oxygen atoms in total. The lowest BCUT2D eigenvalue weighted by molar-refractivity contribution is -0.117. The van der Waals surface area contributed by atoms with Crippen LogP contribution in [0.15, 0.2) is 24.3 Å². The quantitative estimate of drug-likeness (QED) is 0.831. The maximum absolute atomic E-state index is 10.8. The van der Waals surface area contributed by atoms with Crippen molar-refractivity contribution in [3.05, 3.63) is 35.4 Å². The first kappa shape index (κ1) is 11.2. The molecular formula is C14H19NO. The maximum Gasteiger partial charge on any atom is 0.221 e. The normalized spacial score (nSPS) is 17.2. The van der Waals surface area contributed by atoms with Crippen LogP contribution in [0.5, 0.6) is 0 Å². The predicted molar refractivity (Wildman–Crippen MR) is 65.2 cm³/mol. The van der Waals surface area contributed by atoms with E-state index in [1.54, 1.807) is 0 Å². The van der Waals surface area contributed by atoms with Gasteiger partial charge in [-0.3, -0.25) is 4.79 Å². The zero-order valence-electron chi connectivity index (χ0n) is 9.61. The summed E-state index contributed by atoms with van der Waals surface area (Å²) in [6.07, 6.45) is 7.08. The van der Waals surface area contributed by atoms with Gasteiger partial charge >= 0.3 is 0 Å². The zero-order chi connectivity index (χ0) is 11.4. The summed E-state index contributed by atoms with van der Waals surface area (Å²) in [6, 6.07) is 8.39. The van der Waals surface area contributed by atoms with Crippen molar-refractivity contribution in [1.29, 1.82) is 0 Å². The Morgan fingerprint density at radius 3 is 2.31 bits per heavy atom. The van der Waals surface area contributed by atoms with Crippen LogP contribution in [0, 0.1) is 0 Å². The van der Waals surface area contributed by atoms with E-state index in [0.29, 0.717) is 6.42 Å². The number of benzene rings is 1. The third-order valence-electron chi connectivity index (χ3n) is 3.43. The lowest BCUT2D eigenvalue weighted by Crippen LogP contribution is -2.13. The smallest absolute Gasteiger partial charge is 0.221 e. The summed E-state index contributed by atoms with van der Waals surface area (Å²) in [5, 5.41) is 0. The second-order valence-electron chi connectivity index (χ2n) is 4.72. The van der Waals surface area contributed by atoms with Gasteiger partial charge in [-0.2, -0.15) is 0 Å². The van der Waals surface area contributed by atoms with E-state index in [9.17, 15) is 4.79 Å². The van der Waals surface area contributed by atoms with E-state index in [1.165, 1.54) is 37.7 Å². The van der Waals surface area contributed by atoms with E-state index in [2.05, 4.69) is 12.1 Å². The first-order chi connectivity index (χ1) is 7.75. The highest BCUT2D eigenvalue weighted by Crippen LogP contribution is 2.32. The molecule has 0 atom stereocenters. The molecule has 2 rings (SSSR count). The first-order valence-corrected chi connectivity index (χ1v) is 6.13. The van der Waals surface area contributed by atoms with Crippen LogP contribution < -0.4 is 5.73 Å². The van der Waals surface area contributed by atoms with Crippen molar-refractivity contribution in [1.82, 2.24) is 0 Å². The number of carbonyl (C=O) groups excluding carboxylic acids is 1. The molecule has 1 aliphatic carbocycles. The maximum atomic E-state index is 10.8. The Labute approximate surface area is 96.8 Å². The molecule has 1 fully saturated rings. The Balaban J connectivity index is 2.03. The van der Waals surface area contributed by atoms with Crippen LogP contribution >= 0.6 is 0 Å². The summed E-state index contributed by atoms with van der Waals surface area (Å²) < 4.78 is 0. The van der Waals surface area contributed by atoms with Gasteiger partial charge in [0.25, 0.3) is 0 Å². The Bertz CT molecular complexity index is 350. The van der Waals surface area contributed by atoms with Crippen LogP contribution in [0.3, 0.4) is 0 Å². The van der Waals surface area contributed by atoms with Gasteiger partial charge in [0.1, 0.15) is 0 Å². The molecule has 1 aromatic rings. The van der Waals surface area contributed by atoms with E-state index in [0.717, 1.165) is 11.5 Å². The van der Waals surface area contributed by atoms with Crippen LogP contribution in [0.25, 0.3) is 0 Å². The van der Waals surface area contributed by atoms with Crippen LogP contribution in [0.1, 0.15) is 49.1 Å². The Morgan fingerprint density at radius 2 is 1.75 bits per heavy atom. The molecule has 1 aromatic carbocycles. The van der Waals surface area contributed by atoms with Crippen molar-refractivity contribution >= 4 is 5.91 Å². The molecule has 0 unspecified atom stereocenters. The van der Waals surface area contributed by atoms with Crippen molar-refractivity contribution in [3.8, 4) is 0 Å². The molecule has 1 amide bonds. The van der Waals surface area contributed by atoms with Gasteiger partial charge in [-0.25, -0.2) is 0 Å². The standard InChI is InChI=1S/C14H19NO/c15-14(16)10-11-6-8-13(9-7-11)12-4-2-1-3-5-12/h6-9,12H,1-5,10H2,(H2,15,16). The highest BCUT2D eigenvalue weighted by molar-refractivity contribution is 5.76. The topological polar surface area (TPSA) is 43.1 Å². The number of primary amides is 1. The summed E-state index contributed by atoms with van der Waals surface area (Å²) in [5.41, 5.74) is 7.61. The number of amides is 1. The van der Waals surface area contributed by atoms with Crippen molar-refractivity contribution < 1.29 is 4.79 Å². The van der Waals surface area contributed by atoms with Gasteiger partial charge in [0.15, 0.2) is 0 Å². The molecule has 0 saturated heterocycles. The first-order valence-electron chi connectivity index (χ1n) is 6.13. The third kappa shape index (κ3) is 2.84. The van der Waals surface area contributed by atoms with Crippen molar-refractivity contribution in [3.63, 3.8) is 0 Å². The van der Waals surface area contributed by atoms with Gasteiger partial charge < -0.3 is 5.73 Å². The second-order valence-corrected chi connectivity index (χ2v) is 4.72. The Hall–Kier alpha value is -1.31. The Morgan fingerprint density at radius 1 is 1.12 bits per heavy atom. The fraction of sp³-hybridized carbons (Fsp3) is 0.500. The molecule has 0 bridgehead atoms. The van der Waals surface area contributed by atoms with Crippen molar-refractivity contribution in [2.75, 3.05) is 0 Å². The summed E-state index contributed by atoms with van der Waals surface area (Å²) in [4.78, 5) is 10.8. The number of hydrogen-bond acceptors (Lipinski definition) is 1. The van der Waals surface area contributed by atoms with E-state index in [1.807, 2.05) is 12.1 Å². The largest absolute Gasteiger partial charge is 0.369 e. The molecule has 16 heavy (non-hydrogen) atoms. The van der Waals surface area contributed by atoms with Crippen LogP contribution in [0.2, 0.25) is 0 Å². The minimum Gasteiger partial charge on any atom is -0.369 e. The van der Waals surface area contributed by atoms with Gasteiger partial charge in [0.2, 0.25) is 5.91 Å². The third-order valence-corrected chi connectivity index (χ3v) is 3.43. The summed E-state index contributed by atoms with van der Waals surface area (Å²) in [6.45, 7) is 0. The van der Waals surface area contributed by atoms with Gasteiger partial charge in [-0.15, -0.1) is 0 Å². The van der Waals surface area contributed by atoms with Crippen molar-refractivity contribution in [2.24, 2.45) is 5.73 Å². The average Bonchev–Trinajstić information content (AvgIpc) is 2.30. The molecule has 1 aliphatic rings. The zero-order valence-corrected chi connectivity index (χ0v) is 9.61. The molecule has 2 N–H and O–H groups in total. The molecular weight excluding hydrogens is 198 g/mol. The molecule has 0 heterocycles. The van der Waals surface area contributed by atoms with Crippen LogP contribution in [-0.4, -0.2) is 5.91 Å². The van der Waals surface area contributed by atoms with E-state index < -0.39 is 0 Å². The van der Waals surface area contributed by atoms with E-state index >= 15 is 0 Å². The van der Waals surface area contributed by atoms with Gasteiger partial charge in [-0.1, -0.05) is 43.5 Å². The molecule has 0 spiro atoms. The average molecular weight is 217 g/mol. The fourth-order valence-corrected chi connectivity index (χ4v) is 2.54. The number of rotatable bonds is 3. The van der Waals surface area contributed by atoms with Gasteiger partial charge in [0.05, 0.1) is 6.42 Å². The second kappa shape index (κ2) is 5.15. The molecule has 0 aromatic heterocycles. The van der Waals surface area contributed by atoms with Gasteiger partial charge in [-0.05, 0) is 29.9 Å². The number of hydrogen-bond donors (Lipinski definition) is 1. The van der Waals surface area contributed by atoms with Crippen LogP contribution in [0.4, 0.5) is 0 Å². The lowest BCUT2D eigenvalue weighted by atomic mass is 9.84. The summed E-state index contributed by atoms with van der Waals surface area (Å²) in [7, 11) is 0. The Kier molecular flexibility index (Phi) is 3.60. The highest BCUT2D eigenvalue weighted by atomic mass is 16.1. The summed E-state index contributed by atoms with van der Waals surface area (Å²) in [5.74, 6) is 0.474. The minimum absolute atomic E-state index is 0.259. The molecule has 2 heteroatoms. The fourth-order valence-electron chi connectivity index (χ4n) is 2.54. The van der Waals surface area contributed by atoms with E-state index in [4.69, 9.17) is 5.73 Å². The highest BCUT2D eigenvalue weighted by Gasteiger charge is 2.15. The summed E-state index contributed by atoms with van der Waals surface area (Å²) >= 11 is 0. The SMILES string of the molecule is NC(=O)Cc1ccc(C2CCCCC2)cc1. The number of nitrogens with two attached hydrogens (primary N) is 1. The number of carbonyl (C=O) groups is 1. The molecule has 0 radical (unpaired) electrons. The molecule has 86 valence electrons. The molecule has 0 aliphatic heterocycles. The lowest BCUT2D eigenvalue weighted by Gasteiger charge is -2.22. The van der Waals surface area contributed by atoms with Gasteiger partial charge in [0, 0.05) is 0 Å². The monoisotopic (exact) mass is 217 g/mol. The minimum atomic E-state index is -0.259. The predicted octanol–water partition coefficient (Wildman–Crippen LogP) is 2.76. The molecule has 1 saturated carbocycles.